The van der Waals surface area contributed by atoms with Crippen LogP contribution >= 0.6 is 11.8 Å². The first-order valence-electron chi connectivity index (χ1n) is 9.55. The molecule has 1 atom stereocenters. The van der Waals surface area contributed by atoms with Gasteiger partial charge in [-0.3, -0.25) is 4.79 Å². The van der Waals surface area contributed by atoms with Gasteiger partial charge in [0.25, 0.3) is 5.91 Å². The van der Waals surface area contributed by atoms with Crippen molar-refractivity contribution in [1.82, 2.24) is 19.4 Å². The van der Waals surface area contributed by atoms with Crippen molar-refractivity contribution in [1.29, 1.82) is 0 Å². The number of hydrogen-bond acceptors (Lipinski definition) is 4. The van der Waals surface area contributed by atoms with Crippen molar-refractivity contribution in [2.24, 2.45) is 5.92 Å². The predicted octanol–water partition coefficient (Wildman–Crippen LogP) is 3.82. The molecule has 3 heterocycles. The molecule has 1 saturated heterocycles. The van der Waals surface area contributed by atoms with Crippen molar-refractivity contribution in [2.75, 3.05) is 19.3 Å². The monoisotopic (exact) mass is 370 g/mol. The molecule has 2 aromatic rings. The number of hydrogen-bond donors (Lipinski definition) is 0. The van der Waals surface area contributed by atoms with Gasteiger partial charge in [0.05, 0.1) is 5.56 Å². The summed E-state index contributed by atoms with van der Waals surface area (Å²) in [5, 5.41) is 0.811. The van der Waals surface area contributed by atoms with Crippen LogP contribution in [0.25, 0.3) is 0 Å². The van der Waals surface area contributed by atoms with Gasteiger partial charge in [-0.2, -0.15) is 0 Å². The molecule has 0 N–H and O–H groups in total. The molecule has 138 valence electrons. The summed E-state index contributed by atoms with van der Waals surface area (Å²) in [6.45, 7) is 2.66. The standard InChI is InChI=1S/C20H26N4OS/c1-26-19-17(8-3-9-22-19)20(25)24-11-4-7-16(14-24)18-21-10-12-23(18)13-15-5-2-6-15/h3,8-10,12,15-16H,2,4-7,11,13-14H2,1H3. The van der Waals surface area contributed by atoms with E-state index in [1.54, 1.807) is 6.20 Å². The molecule has 1 saturated carbocycles. The zero-order valence-corrected chi connectivity index (χ0v) is 16.1. The summed E-state index contributed by atoms with van der Waals surface area (Å²) in [6, 6.07) is 3.74. The second kappa shape index (κ2) is 7.82. The number of amides is 1. The normalized spacial score (nSPS) is 20.8. The van der Waals surface area contributed by atoms with E-state index in [0.29, 0.717) is 5.92 Å². The Balaban J connectivity index is 1.49. The van der Waals surface area contributed by atoms with Crippen LogP contribution in [0.4, 0.5) is 0 Å². The van der Waals surface area contributed by atoms with Crippen LogP contribution in [0, 0.1) is 5.92 Å². The third-order valence-corrected chi connectivity index (χ3v) is 6.41. The van der Waals surface area contributed by atoms with E-state index < -0.39 is 0 Å². The van der Waals surface area contributed by atoms with Gasteiger partial charge in [-0.1, -0.05) is 6.42 Å². The topological polar surface area (TPSA) is 51.0 Å². The Kier molecular flexibility index (Phi) is 5.29. The summed E-state index contributed by atoms with van der Waals surface area (Å²) < 4.78 is 2.33. The van der Waals surface area contributed by atoms with Crippen LogP contribution in [0.1, 0.15) is 54.2 Å². The number of pyridine rings is 1. The number of carbonyl (C=O) groups is 1. The first-order valence-corrected chi connectivity index (χ1v) is 10.8. The molecule has 1 aliphatic heterocycles. The number of nitrogens with zero attached hydrogens (tertiary/aromatic N) is 4. The Morgan fingerprint density at radius 2 is 2.12 bits per heavy atom. The highest BCUT2D eigenvalue weighted by Gasteiger charge is 2.30. The zero-order valence-electron chi connectivity index (χ0n) is 15.3. The average molecular weight is 371 g/mol. The summed E-state index contributed by atoms with van der Waals surface area (Å²) in [5.74, 6) is 2.40. The third kappa shape index (κ3) is 3.52. The first kappa shape index (κ1) is 17.6. The van der Waals surface area contributed by atoms with Crippen molar-refractivity contribution in [3.8, 4) is 0 Å². The molecule has 6 heteroatoms. The van der Waals surface area contributed by atoms with Crippen LogP contribution in [0.3, 0.4) is 0 Å². The lowest BCUT2D eigenvalue weighted by atomic mass is 9.85. The largest absolute Gasteiger partial charge is 0.338 e. The van der Waals surface area contributed by atoms with E-state index in [1.165, 1.54) is 31.0 Å². The molecule has 0 bridgehead atoms. The Hall–Kier alpha value is -1.82. The van der Waals surface area contributed by atoms with E-state index in [4.69, 9.17) is 0 Å². The predicted molar refractivity (Wildman–Crippen MR) is 103 cm³/mol. The lowest BCUT2D eigenvalue weighted by Gasteiger charge is -2.34. The number of rotatable bonds is 5. The molecule has 1 unspecified atom stereocenters. The van der Waals surface area contributed by atoms with Gasteiger partial charge in [-0.25, -0.2) is 9.97 Å². The third-order valence-electron chi connectivity index (χ3n) is 5.70. The van der Waals surface area contributed by atoms with Gasteiger partial charge in [0.1, 0.15) is 10.9 Å². The average Bonchev–Trinajstić information content (AvgIpc) is 3.12. The number of likely N-dealkylation sites (tertiary alicyclic amines) is 1. The van der Waals surface area contributed by atoms with Crippen LogP contribution in [-0.2, 0) is 6.54 Å². The summed E-state index contributed by atoms with van der Waals surface area (Å²) in [7, 11) is 0. The number of piperidine rings is 1. The number of carbonyl (C=O) groups excluding carboxylic acids is 1. The molecule has 0 aromatic carbocycles. The smallest absolute Gasteiger partial charge is 0.256 e. The first-order chi connectivity index (χ1) is 12.8. The van der Waals surface area contributed by atoms with Crippen LogP contribution in [0.2, 0.25) is 0 Å². The molecule has 0 spiro atoms. The summed E-state index contributed by atoms with van der Waals surface area (Å²) in [4.78, 5) is 24.1. The molecular formula is C20H26N4OS. The van der Waals surface area contributed by atoms with Gasteiger partial charge in [-0.05, 0) is 50.0 Å². The van der Waals surface area contributed by atoms with E-state index in [2.05, 4.69) is 20.7 Å². The minimum Gasteiger partial charge on any atom is -0.338 e. The molecule has 1 amide bonds. The van der Waals surface area contributed by atoms with Gasteiger partial charge in [0, 0.05) is 44.1 Å². The van der Waals surface area contributed by atoms with Gasteiger partial charge in [-0.15, -0.1) is 11.8 Å². The van der Waals surface area contributed by atoms with E-state index in [1.807, 2.05) is 29.5 Å². The van der Waals surface area contributed by atoms with Crippen molar-refractivity contribution in [3.05, 3.63) is 42.1 Å². The van der Waals surface area contributed by atoms with E-state index in [-0.39, 0.29) is 5.91 Å². The molecule has 0 radical (unpaired) electrons. The fourth-order valence-corrected chi connectivity index (χ4v) is 4.59. The lowest BCUT2D eigenvalue weighted by Crippen LogP contribution is -2.40. The lowest BCUT2D eigenvalue weighted by molar-refractivity contribution is 0.0698. The molecule has 2 aliphatic rings. The molecule has 2 aromatic heterocycles. The number of aromatic nitrogens is 3. The zero-order chi connectivity index (χ0) is 17.9. The van der Waals surface area contributed by atoms with Gasteiger partial charge in [0.2, 0.25) is 0 Å². The molecule has 5 nitrogen and oxygen atoms in total. The highest BCUT2D eigenvalue weighted by molar-refractivity contribution is 7.98. The molecule has 26 heavy (non-hydrogen) atoms. The van der Waals surface area contributed by atoms with Crippen LogP contribution in [0.15, 0.2) is 35.7 Å². The van der Waals surface area contributed by atoms with Crippen molar-refractivity contribution >= 4 is 17.7 Å². The maximum Gasteiger partial charge on any atom is 0.256 e. The van der Waals surface area contributed by atoms with E-state index in [0.717, 1.165) is 54.8 Å². The van der Waals surface area contributed by atoms with E-state index in [9.17, 15) is 4.79 Å². The Labute approximate surface area is 159 Å². The summed E-state index contributed by atoms with van der Waals surface area (Å²) in [5.41, 5.74) is 0.721. The van der Waals surface area contributed by atoms with Crippen LogP contribution in [-0.4, -0.2) is 44.7 Å². The second-order valence-electron chi connectivity index (χ2n) is 7.39. The van der Waals surface area contributed by atoms with Crippen LogP contribution in [0.5, 0.6) is 0 Å². The molecule has 4 rings (SSSR count). The Morgan fingerprint density at radius 1 is 1.23 bits per heavy atom. The minimum atomic E-state index is 0.101. The van der Waals surface area contributed by atoms with Crippen molar-refractivity contribution in [3.63, 3.8) is 0 Å². The van der Waals surface area contributed by atoms with Crippen molar-refractivity contribution in [2.45, 2.75) is 49.6 Å². The summed E-state index contributed by atoms with van der Waals surface area (Å²) >= 11 is 1.53. The quantitative estimate of drug-likeness (QED) is 0.751. The fourth-order valence-electron chi connectivity index (χ4n) is 4.05. The number of thioether (sulfide) groups is 1. The van der Waals surface area contributed by atoms with Crippen molar-refractivity contribution < 1.29 is 4.79 Å². The summed E-state index contributed by atoms with van der Waals surface area (Å²) in [6.07, 6.45) is 13.9. The highest BCUT2D eigenvalue weighted by atomic mass is 32.2. The van der Waals surface area contributed by atoms with Gasteiger partial charge in [0.15, 0.2) is 0 Å². The fraction of sp³-hybridized carbons (Fsp3) is 0.550. The maximum atomic E-state index is 13.1. The minimum absolute atomic E-state index is 0.101. The van der Waals surface area contributed by atoms with E-state index >= 15 is 0 Å². The van der Waals surface area contributed by atoms with Gasteiger partial charge >= 0.3 is 0 Å². The Bertz CT molecular complexity index is 771. The highest BCUT2D eigenvalue weighted by Crippen LogP contribution is 2.31. The van der Waals surface area contributed by atoms with Crippen LogP contribution < -0.4 is 0 Å². The second-order valence-corrected chi connectivity index (χ2v) is 8.18. The SMILES string of the molecule is CSc1ncccc1C(=O)N1CCCC(c2nccn2CC2CCC2)C1. The molecule has 2 fully saturated rings. The maximum absolute atomic E-state index is 13.1. The van der Waals surface area contributed by atoms with Gasteiger partial charge < -0.3 is 9.47 Å². The molecular weight excluding hydrogens is 344 g/mol. The Morgan fingerprint density at radius 3 is 2.88 bits per heavy atom. The molecule has 1 aliphatic carbocycles. The number of imidazole rings is 1.